The molecule has 0 atom stereocenters. The third-order valence-corrected chi connectivity index (χ3v) is 29.1. The summed E-state index contributed by atoms with van der Waals surface area (Å²) in [7, 11) is 0. The van der Waals surface area contributed by atoms with Gasteiger partial charge in [-0.2, -0.15) is 29.9 Å². The summed E-state index contributed by atoms with van der Waals surface area (Å²) in [5.41, 5.74) is 29.7. The van der Waals surface area contributed by atoms with Gasteiger partial charge >= 0.3 is 0 Å². The molecule has 30 rings (SSSR count). The molecule has 9 aromatic heterocycles. The summed E-state index contributed by atoms with van der Waals surface area (Å²) in [6, 6.07) is 172. The molecule has 0 spiro atoms. The molecule has 15 heteroatoms. The monoisotopic (exact) mass is 1880 g/mol. The first-order valence-corrected chi connectivity index (χ1v) is 49.7. The lowest BCUT2D eigenvalue weighted by atomic mass is 9.82. The van der Waals surface area contributed by atoms with Crippen LogP contribution >= 0.6 is 0 Å². The molecular weight excluding hydrogens is 1800 g/mol. The van der Waals surface area contributed by atoms with Crippen molar-refractivity contribution < 1.29 is 0 Å². The number of rotatable bonds is 13. The van der Waals surface area contributed by atoms with E-state index in [-0.39, 0.29) is 5.41 Å². The Morgan fingerprint density at radius 1 is 0.143 bits per heavy atom. The van der Waals surface area contributed by atoms with Crippen molar-refractivity contribution in [3.63, 3.8) is 0 Å². The van der Waals surface area contributed by atoms with Crippen molar-refractivity contribution in [1.82, 2.24) is 72.3 Å². The second kappa shape index (κ2) is 34.9. The fourth-order valence-corrected chi connectivity index (χ4v) is 22.3. The molecule has 9 heterocycles. The van der Waals surface area contributed by atoms with Crippen LogP contribution in [0.4, 0.5) is 0 Å². The van der Waals surface area contributed by atoms with E-state index in [9.17, 15) is 0 Å². The van der Waals surface area contributed by atoms with Crippen LogP contribution in [0.1, 0.15) is 25.0 Å². The van der Waals surface area contributed by atoms with E-state index in [4.69, 9.17) is 44.9 Å². The highest BCUT2D eigenvalue weighted by Gasteiger charge is 2.36. The maximum Gasteiger partial charge on any atom is 0.238 e. The molecule has 15 nitrogen and oxygen atoms in total. The Kier molecular flexibility index (Phi) is 20.2. The maximum absolute atomic E-state index is 5.32. The second-order valence-corrected chi connectivity index (χ2v) is 38.0. The van der Waals surface area contributed by atoms with Gasteiger partial charge in [0, 0.05) is 120 Å². The normalized spacial score (nSPS) is 12.2. The van der Waals surface area contributed by atoms with Crippen LogP contribution in [0.25, 0.3) is 256 Å². The van der Waals surface area contributed by atoms with Crippen LogP contribution in [-0.4, -0.2) is 72.3 Å². The fourth-order valence-electron chi connectivity index (χ4n) is 22.3. The minimum absolute atomic E-state index is 0.142. The molecule has 1 aliphatic rings. The quantitative estimate of drug-likeness (QED) is 0.110. The Balaban J connectivity index is 0.000000107. The van der Waals surface area contributed by atoms with Crippen LogP contribution in [0.5, 0.6) is 0 Å². The van der Waals surface area contributed by atoms with Gasteiger partial charge in [0.2, 0.25) is 17.8 Å². The Bertz CT molecular complexity index is 10100. The first-order chi connectivity index (χ1) is 72.7. The Morgan fingerprint density at radius 3 is 0.701 bits per heavy atom. The van der Waals surface area contributed by atoms with E-state index < -0.39 is 0 Å². The van der Waals surface area contributed by atoms with Crippen molar-refractivity contribution in [1.29, 1.82) is 0 Å². The average molecular weight is 1880 g/mol. The van der Waals surface area contributed by atoms with Gasteiger partial charge < -0.3 is 13.7 Å². The van der Waals surface area contributed by atoms with E-state index in [0.717, 1.165) is 138 Å². The van der Waals surface area contributed by atoms with E-state index in [2.05, 4.69) is 393 Å². The van der Waals surface area contributed by atoms with E-state index in [0.29, 0.717) is 52.8 Å². The zero-order valence-corrected chi connectivity index (χ0v) is 80.0. The molecule has 0 bridgehead atoms. The standard InChI is InChI=1S/C48H33N5.C45H29N5.C39H25N5/c1-48(2)39-22-12-9-19-33(39)34-26-25-31(27-40(34)48)46-49-45(30-15-5-3-6-16-30)50-47(51-46)53-42-24-14-11-21-36(42)38-28-43-37(29-44(38)53)35-20-10-13-23-41(35)52(43)32-17-7-4-8-18-32;1-4-14-30(15-5-1)31-24-26-34(27-25-31)49-39-22-12-10-20-35(39)37-28-38-36-21-11-13-23-40(36)50(42(38)29-41(37)49)45-47-43(32-16-6-2-7-17-32)46-44(48-45)33-18-8-3-9-19-33;1-4-14-26(15-5-1)37-40-38(27-16-6-2-7-17-27)42-39(41-37)44-34-23-13-11-21-30(34)32-24-31-29-20-10-12-22-33(29)43(35(31)25-36(32)44)28-18-8-3-9-19-28/h3-29H,1-2H3;1-29H;1-25H. The van der Waals surface area contributed by atoms with E-state index in [1.54, 1.807) is 0 Å². The molecule has 0 aliphatic heterocycles. The number of hydrogen-bond donors (Lipinski definition) is 0. The highest BCUT2D eigenvalue weighted by atomic mass is 15.2. The minimum Gasteiger partial charge on any atom is -0.309 e. The van der Waals surface area contributed by atoms with Crippen LogP contribution in [0.15, 0.2) is 491 Å². The van der Waals surface area contributed by atoms with Gasteiger partial charge in [-0.1, -0.05) is 390 Å². The molecule has 1 aliphatic carbocycles. The van der Waals surface area contributed by atoms with Gasteiger partial charge in [-0.3, -0.25) is 13.7 Å². The van der Waals surface area contributed by atoms with Crippen LogP contribution in [0.3, 0.4) is 0 Å². The lowest BCUT2D eigenvalue weighted by Crippen LogP contribution is -2.15. The number of para-hydroxylation sites is 8. The predicted octanol–water partition coefficient (Wildman–Crippen LogP) is 32.2. The Morgan fingerprint density at radius 2 is 0.367 bits per heavy atom. The van der Waals surface area contributed by atoms with Gasteiger partial charge in [0.25, 0.3) is 0 Å². The van der Waals surface area contributed by atoms with Gasteiger partial charge in [-0.15, -0.1) is 0 Å². The van der Waals surface area contributed by atoms with Crippen LogP contribution in [-0.2, 0) is 5.41 Å². The molecule has 0 unspecified atom stereocenters. The number of benzene rings is 20. The van der Waals surface area contributed by atoms with Gasteiger partial charge in [0.15, 0.2) is 34.9 Å². The van der Waals surface area contributed by atoms with E-state index >= 15 is 0 Å². The van der Waals surface area contributed by atoms with Gasteiger partial charge in [0.05, 0.1) is 66.2 Å². The molecule has 0 fully saturated rings. The summed E-state index contributed by atoms with van der Waals surface area (Å²) < 4.78 is 13.7. The molecule has 690 valence electrons. The van der Waals surface area contributed by atoms with Crippen LogP contribution < -0.4 is 0 Å². The number of nitrogens with zero attached hydrogens (tertiary/aromatic N) is 15. The third-order valence-electron chi connectivity index (χ3n) is 29.1. The van der Waals surface area contributed by atoms with Crippen molar-refractivity contribution in [3.8, 4) is 125 Å². The summed E-state index contributed by atoms with van der Waals surface area (Å²) in [5, 5.41) is 14.1. The lowest BCUT2D eigenvalue weighted by Gasteiger charge is -2.21. The van der Waals surface area contributed by atoms with Crippen molar-refractivity contribution in [2.75, 3.05) is 0 Å². The second-order valence-electron chi connectivity index (χ2n) is 38.0. The molecule has 20 aromatic carbocycles. The van der Waals surface area contributed by atoms with Crippen molar-refractivity contribution in [2.45, 2.75) is 19.3 Å². The van der Waals surface area contributed by atoms with E-state index in [1.165, 1.54) is 76.7 Å². The van der Waals surface area contributed by atoms with Crippen LogP contribution in [0, 0.1) is 0 Å². The van der Waals surface area contributed by atoms with Crippen molar-refractivity contribution in [3.05, 3.63) is 503 Å². The summed E-state index contributed by atoms with van der Waals surface area (Å²) in [4.78, 5) is 46.1. The van der Waals surface area contributed by atoms with Crippen molar-refractivity contribution >= 4 is 131 Å². The Labute approximate surface area is 844 Å². The largest absolute Gasteiger partial charge is 0.309 e. The van der Waals surface area contributed by atoms with E-state index in [1.807, 2.05) is 140 Å². The summed E-state index contributed by atoms with van der Waals surface area (Å²) in [6.45, 7) is 4.62. The molecule has 0 radical (unpaired) electrons. The maximum atomic E-state index is 5.32. The SMILES string of the molecule is CC1(C)c2ccccc2-c2ccc(-c3nc(-c4ccccc4)nc(-n4c5ccccc5c5cc6c(cc54)c4ccccc4n6-c4ccccc4)n3)cc21.c1ccc(-c2ccc(-n3c4ccccc4c4cc5c6ccccc6n(-c6nc(-c7ccccc7)nc(-c7ccccc7)n6)c5cc43)cc2)cc1.c1ccc(-c2nc(-c3ccccc3)nc(-n3c4ccccc4c4cc5c6ccccc6n(-c6ccccc6)c5cc43)n2)cc1. The minimum atomic E-state index is -0.142. The first kappa shape index (κ1) is 85.2. The highest BCUT2D eigenvalue weighted by Crippen LogP contribution is 2.51. The summed E-state index contributed by atoms with van der Waals surface area (Å²) in [6.07, 6.45) is 0. The molecular formula is C132H87N15. The smallest absolute Gasteiger partial charge is 0.238 e. The zero-order valence-electron chi connectivity index (χ0n) is 80.0. The summed E-state index contributed by atoms with van der Waals surface area (Å²) in [5.74, 6) is 5.60. The lowest BCUT2D eigenvalue weighted by molar-refractivity contribution is 0.660. The molecule has 0 saturated carbocycles. The molecule has 29 aromatic rings. The third kappa shape index (κ3) is 14.4. The van der Waals surface area contributed by atoms with Gasteiger partial charge in [-0.05, 0) is 149 Å². The topological polar surface area (TPSA) is 146 Å². The summed E-state index contributed by atoms with van der Waals surface area (Å²) >= 11 is 0. The number of aromatic nitrogens is 15. The number of hydrogen-bond acceptors (Lipinski definition) is 9. The zero-order chi connectivity index (χ0) is 97.3. The van der Waals surface area contributed by atoms with Gasteiger partial charge in [-0.25, -0.2) is 15.0 Å². The first-order valence-electron chi connectivity index (χ1n) is 49.7. The van der Waals surface area contributed by atoms with Crippen LogP contribution in [0.2, 0.25) is 0 Å². The molecule has 0 saturated heterocycles. The molecule has 0 amide bonds. The number of fused-ring (bicyclic) bond motifs is 21. The molecule has 0 N–H and O–H groups in total. The Hall–Kier alpha value is -19.8. The fraction of sp³-hybridized carbons (Fsp3) is 0.0227. The molecule has 147 heavy (non-hydrogen) atoms. The van der Waals surface area contributed by atoms with Crippen molar-refractivity contribution in [2.24, 2.45) is 0 Å². The average Bonchev–Trinajstić information content (AvgIpc) is 1.49. The predicted molar refractivity (Wildman–Crippen MR) is 601 cm³/mol. The van der Waals surface area contributed by atoms with Gasteiger partial charge in [0.1, 0.15) is 0 Å². The highest BCUT2D eigenvalue weighted by molar-refractivity contribution is 6.22.